The molecule has 2 aliphatic rings. The van der Waals surface area contributed by atoms with Crippen molar-refractivity contribution in [1.82, 2.24) is 20.2 Å². The summed E-state index contributed by atoms with van der Waals surface area (Å²) in [6.07, 6.45) is 5.24. The average Bonchev–Trinajstić information content (AvgIpc) is 3.37. The van der Waals surface area contributed by atoms with Crippen molar-refractivity contribution in [2.45, 2.75) is 19.4 Å². The van der Waals surface area contributed by atoms with Gasteiger partial charge in [0.1, 0.15) is 17.0 Å². The summed E-state index contributed by atoms with van der Waals surface area (Å²) in [7, 11) is -3.41. The van der Waals surface area contributed by atoms with E-state index in [1.165, 1.54) is 10.6 Å². The number of rotatable bonds is 3. The number of fused-ring (bicyclic) bond motifs is 3. The minimum absolute atomic E-state index is 0.150. The zero-order chi connectivity index (χ0) is 20.2. The normalized spacial score (nSPS) is 19.7. The van der Waals surface area contributed by atoms with Crippen molar-refractivity contribution in [3.8, 4) is 11.4 Å². The highest BCUT2D eigenvalue weighted by molar-refractivity contribution is 7.92. The Morgan fingerprint density at radius 3 is 2.83 bits per heavy atom. The standard InChI is InChI=1S/C19H22N6O3S/c1-12-11-28-10-9-24(12)19-14-5-8-25(29(2,26)27)18(14)13-3-6-20-17(16(13)22-19)15-4-7-21-23-15/h3-4,6-7,12H,5,8-11H2,1-2H3,(H,21,23)/t12-/m1/s1. The maximum Gasteiger partial charge on any atom is 0.232 e. The summed E-state index contributed by atoms with van der Waals surface area (Å²) in [5, 5.41) is 7.76. The van der Waals surface area contributed by atoms with Gasteiger partial charge in [0.2, 0.25) is 10.0 Å². The van der Waals surface area contributed by atoms with Crippen LogP contribution in [0.25, 0.3) is 22.3 Å². The summed E-state index contributed by atoms with van der Waals surface area (Å²) in [5.41, 5.74) is 3.76. The van der Waals surface area contributed by atoms with E-state index < -0.39 is 10.0 Å². The fraction of sp³-hybridized carbons (Fsp3) is 0.421. The summed E-state index contributed by atoms with van der Waals surface area (Å²) >= 11 is 0. The van der Waals surface area contributed by atoms with E-state index in [0.717, 1.165) is 22.5 Å². The first kappa shape index (κ1) is 18.3. The maximum atomic E-state index is 12.5. The van der Waals surface area contributed by atoms with Crippen molar-refractivity contribution in [1.29, 1.82) is 0 Å². The molecule has 3 aromatic rings. The largest absolute Gasteiger partial charge is 0.377 e. The fourth-order valence-electron chi connectivity index (χ4n) is 4.24. The lowest BCUT2D eigenvalue weighted by molar-refractivity contribution is 0.0985. The Morgan fingerprint density at radius 1 is 1.24 bits per heavy atom. The van der Waals surface area contributed by atoms with Gasteiger partial charge in [0.05, 0.1) is 36.9 Å². The first-order chi connectivity index (χ1) is 13.9. The molecule has 0 radical (unpaired) electrons. The van der Waals surface area contributed by atoms with Gasteiger partial charge in [-0.3, -0.25) is 14.4 Å². The molecular formula is C19H22N6O3S. The van der Waals surface area contributed by atoms with Crippen molar-refractivity contribution in [3.05, 3.63) is 30.1 Å². The van der Waals surface area contributed by atoms with Crippen molar-refractivity contribution in [3.63, 3.8) is 0 Å². The van der Waals surface area contributed by atoms with Gasteiger partial charge in [-0.05, 0) is 25.5 Å². The van der Waals surface area contributed by atoms with Gasteiger partial charge in [-0.1, -0.05) is 0 Å². The molecule has 3 aromatic heterocycles. The van der Waals surface area contributed by atoms with Gasteiger partial charge in [0.25, 0.3) is 0 Å². The second kappa shape index (κ2) is 6.67. The van der Waals surface area contributed by atoms with Crippen molar-refractivity contribution >= 4 is 32.4 Å². The molecule has 10 heteroatoms. The third kappa shape index (κ3) is 2.94. The number of sulfonamides is 1. The molecule has 2 aliphatic heterocycles. The fourth-order valence-corrected chi connectivity index (χ4v) is 5.20. The van der Waals surface area contributed by atoms with E-state index in [4.69, 9.17) is 9.72 Å². The number of aromatic nitrogens is 4. The molecule has 0 aliphatic carbocycles. The lowest BCUT2D eigenvalue weighted by atomic mass is 10.1. The Balaban J connectivity index is 1.83. The number of hydrogen-bond acceptors (Lipinski definition) is 7. The highest BCUT2D eigenvalue weighted by Crippen LogP contribution is 2.43. The highest BCUT2D eigenvalue weighted by atomic mass is 32.2. The highest BCUT2D eigenvalue weighted by Gasteiger charge is 2.35. The lowest BCUT2D eigenvalue weighted by Gasteiger charge is -2.35. The third-order valence-corrected chi connectivity index (χ3v) is 6.73. The van der Waals surface area contributed by atoms with Crippen LogP contribution < -0.4 is 9.21 Å². The second-order valence-corrected chi connectivity index (χ2v) is 9.40. The number of H-pyrrole nitrogens is 1. The first-order valence-corrected chi connectivity index (χ1v) is 11.4. The predicted octanol–water partition coefficient (Wildman–Crippen LogP) is 1.57. The molecule has 5 rings (SSSR count). The minimum Gasteiger partial charge on any atom is -0.377 e. The molecule has 29 heavy (non-hydrogen) atoms. The quantitative estimate of drug-likeness (QED) is 0.694. The Labute approximate surface area is 168 Å². The molecule has 0 saturated carbocycles. The molecule has 152 valence electrons. The van der Waals surface area contributed by atoms with E-state index in [-0.39, 0.29) is 6.04 Å². The van der Waals surface area contributed by atoms with Gasteiger partial charge < -0.3 is 9.64 Å². The summed E-state index contributed by atoms with van der Waals surface area (Å²) in [4.78, 5) is 11.8. The number of morpholine rings is 1. The van der Waals surface area contributed by atoms with Gasteiger partial charge in [0, 0.05) is 36.4 Å². The van der Waals surface area contributed by atoms with Crippen LogP contribution in [0.3, 0.4) is 0 Å². The number of anilines is 2. The third-order valence-electron chi connectivity index (χ3n) is 5.56. The Kier molecular flexibility index (Phi) is 4.21. The molecular weight excluding hydrogens is 392 g/mol. The summed E-state index contributed by atoms with van der Waals surface area (Å²) < 4.78 is 32.2. The first-order valence-electron chi connectivity index (χ1n) is 9.58. The number of aromatic amines is 1. The summed E-state index contributed by atoms with van der Waals surface area (Å²) in [5.74, 6) is 0.822. The van der Waals surface area contributed by atoms with Crippen molar-refractivity contribution in [2.75, 3.05) is 41.8 Å². The van der Waals surface area contributed by atoms with Gasteiger partial charge in [-0.2, -0.15) is 5.10 Å². The summed E-state index contributed by atoms with van der Waals surface area (Å²) in [6.45, 7) is 4.46. The van der Waals surface area contributed by atoms with Crippen LogP contribution in [-0.2, 0) is 21.2 Å². The van der Waals surface area contributed by atoms with E-state index in [9.17, 15) is 8.42 Å². The molecule has 9 nitrogen and oxygen atoms in total. The SMILES string of the molecule is C[C@@H]1COCCN1c1nc2c(-c3ccn[nH]3)nccc2c2c1CCN2S(C)(=O)=O. The predicted molar refractivity (Wildman–Crippen MR) is 111 cm³/mol. The molecule has 1 atom stereocenters. The molecule has 0 aromatic carbocycles. The Morgan fingerprint density at radius 2 is 2.10 bits per heavy atom. The van der Waals surface area contributed by atoms with Gasteiger partial charge >= 0.3 is 0 Å². The van der Waals surface area contributed by atoms with Gasteiger partial charge in [0.15, 0.2) is 0 Å². The zero-order valence-corrected chi connectivity index (χ0v) is 17.1. The molecule has 5 heterocycles. The molecule has 1 N–H and O–H groups in total. The van der Waals surface area contributed by atoms with Crippen LogP contribution in [0.1, 0.15) is 12.5 Å². The van der Waals surface area contributed by atoms with Crippen LogP contribution in [0.5, 0.6) is 0 Å². The van der Waals surface area contributed by atoms with E-state index in [1.54, 1.807) is 12.4 Å². The van der Waals surface area contributed by atoms with Crippen LogP contribution in [0.4, 0.5) is 11.5 Å². The van der Waals surface area contributed by atoms with Crippen LogP contribution in [-0.4, -0.2) is 67.2 Å². The number of nitrogens with zero attached hydrogens (tertiary/aromatic N) is 5. The molecule has 0 unspecified atom stereocenters. The summed E-state index contributed by atoms with van der Waals surface area (Å²) in [6, 6.07) is 3.83. The van der Waals surface area contributed by atoms with Crippen molar-refractivity contribution < 1.29 is 13.2 Å². The molecule has 1 fully saturated rings. The van der Waals surface area contributed by atoms with Crippen molar-refractivity contribution in [2.24, 2.45) is 0 Å². The van der Waals surface area contributed by atoms with E-state index >= 15 is 0 Å². The zero-order valence-electron chi connectivity index (χ0n) is 16.3. The average molecular weight is 414 g/mol. The van der Waals surface area contributed by atoms with E-state index in [2.05, 4.69) is 27.0 Å². The minimum atomic E-state index is -3.41. The Hall–Kier alpha value is -2.72. The number of nitrogens with one attached hydrogen (secondary N) is 1. The van der Waals surface area contributed by atoms with E-state index in [1.807, 2.05) is 12.1 Å². The second-order valence-electron chi connectivity index (χ2n) is 7.49. The topological polar surface area (TPSA) is 104 Å². The number of hydrogen-bond donors (Lipinski definition) is 1. The van der Waals surface area contributed by atoms with Crippen LogP contribution in [0, 0.1) is 0 Å². The number of pyridine rings is 2. The molecule has 0 bridgehead atoms. The maximum absolute atomic E-state index is 12.5. The number of ether oxygens (including phenoxy) is 1. The van der Waals surface area contributed by atoms with Crippen LogP contribution >= 0.6 is 0 Å². The Bertz CT molecular complexity index is 1180. The van der Waals surface area contributed by atoms with Crippen LogP contribution in [0.2, 0.25) is 0 Å². The van der Waals surface area contributed by atoms with Gasteiger partial charge in [-0.15, -0.1) is 0 Å². The smallest absolute Gasteiger partial charge is 0.232 e. The van der Waals surface area contributed by atoms with Gasteiger partial charge in [-0.25, -0.2) is 13.4 Å². The molecule has 0 spiro atoms. The molecule has 0 amide bonds. The van der Waals surface area contributed by atoms with E-state index in [0.29, 0.717) is 49.6 Å². The lowest BCUT2D eigenvalue weighted by Crippen LogP contribution is -2.44. The molecule has 1 saturated heterocycles. The monoisotopic (exact) mass is 414 g/mol. The van der Waals surface area contributed by atoms with Crippen LogP contribution in [0.15, 0.2) is 24.5 Å².